The fraction of sp³-hybridized carbons (Fsp3) is 0. The Labute approximate surface area is 139 Å². The third-order valence-corrected chi connectivity index (χ3v) is 0. The first kappa shape index (κ1) is 36.2. The van der Waals surface area contributed by atoms with Gasteiger partial charge in [-0.05, 0) is 0 Å². The second-order valence-electron chi connectivity index (χ2n) is 1.26. The van der Waals surface area contributed by atoms with Crippen LogP contribution >= 0.6 is 0 Å². The third-order valence-electron chi connectivity index (χ3n) is 0. The van der Waals surface area contributed by atoms with Gasteiger partial charge in [-0.2, -0.15) is 0 Å². The molecule has 132 valence electrons. The van der Waals surface area contributed by atoms with E-state index in [1.54, 1.807) is 0 Å². The van der Waals surface area contributed by atoms with Crippen molar-refractivity contribution in [2.75, 3.05) is 0 Å². The van der Waals surface area contributed by atoms with Gasteiger partial charge in [0.05, 0.1) is 0 Å². The van der Waals surface area contributed by atoms with Crippen molar-refractivity contribution >= 4 is 0 Å². The van der Waals surface area contributed by atoms with E-state index in [4.69, 9.17) is 76.6 Å². The van der Waals surface area contributed by atoms with E-state index in [-0.39, 0.29) is 37.3 Å². The van der Waals surface area contributed by atoms with Crippen LogP contribution in [0.5, 0.6) is 0 Å². The zero-order chi connectivity index (χ0) is 17.9. The number of nitrogens with zero attached hydrogens (tertiary/aromatic N) is 5. The van der Waals surface area contributed by atoms with Crippen LogP contribution in [-0.2, 0) is 0 Å². The molecule has 21 heavy (non-hydrogen) atoms. The van der Waals surface area contributed by atoms with E-state index in [2.05, 4.69) is 0 Å². The molecule has 0 fully saturated rings. The van der Waals surface area contributed by atoms with Crippen LogP contribution in [0.15, 0.2) is 0 Å². The van der Waals surface area contributed by atoms with Crippen LogP contribution in [0.2, 0.25) is 0 Å². The fourth-order valence-electron chi connectivity index (χ4n) is 0. The van der Waals surface area contributed by atoms with Crippen molar-refractivity contribution in [3.05, 3.63) is 24.5 Å². The molecule has 0 aliphatic carbocycles. The normalized spacial score (nSPS) is 5.71. The Morgan fingerprint density at radius 1 is 0.333 bits per heavy atom. The Morgan fingerprint density at radius 3 is 0.333 bits per heavy atom. The first-order chi connectivity index (χ1) is 8.66. The van der Waals surface area contributed by atoms with Gasteiger partial charge < -0.3 is 0 Å². The van der Waals surface area contributed by atoms with Crippen LogP contribution in [0, 0.1) is 61.8 Å². The summed E-state index contributed by atoms with van der Waals surface area (Å²) in [5, 5.41) is 62.6. The Kier molecular flexibility index (Phi) is 52.3. The Bertz CT molecular complexity index is 207. The molecule has 0 aliphatic rings. The Morgan fingerprint density at radius 2 is 0.333 bits per heavy atom. The van der Waals surface area contributed by atoms with Gasteiger partial charge in [0, 0.05) is 37.3 Å². The van der Waals surface area contributed by atoms with Gasteiger partial charge >= 0.3 is 25.4 Å². The largest absolute Gasteiger partial charge is 0.472 e. The number of rotatable bonds is 0. The standard InChI is InChI=1S/Er.5H2NO3/c;5*2-1(3)4/h;5*(H2,2,3,4)/q;5*+1. The van der Waals surface area contributed by atoms with Crippen molar-refractivity contribution in [2.24, 2.45) is 0 Å². The molecule has 0 atom stereocenters. The fourth-order valence-corrected chi connectivity index (χ4v) is 0. The molecule has 0 aromatic heterocycles. The second kappa shape index (κ2) is 30.4. The quantitative estimate of drug-likeness (QED) is 0.161. The summed E-state index contributed by atoms with van der Waals surface area (Å²) in [5.74, 6) is 0. The minimum Gasteiger partial charge on any atom is -0.201 e. The molecule has 0 saturated heterocycles. The molecule has 0 heterocycles. The molecule has 0 aliphatic heterocycles. The van der Waals surface area contributed by atoms with Gasteiger partial charge in [0.25, 0.3) is 0 Å². The molecule has 0 amide bonds. The van der Waals surface area contributed by atoms with Crippen molar-refractivity contribution in [3.8, 4) is 0 Å². The van der Waals surface area contributed by atoms with E-state index >= 15 is 0 Å². The van der Waals surface area contributed by atoms with E-state index in [9.17, 15) is 0 Å². The van der Waals surface area contributed by atoms with E-state index in [0.29, 0.717) is 0 Å². The maximum absolute atomic E-state index is 8.47. The van der Waals surface area contributed by atoms with Gasteiger partial charge in [0.1, 0.15) is 24.5 Å². The van der Waals surface area contributed by atoms with Gasteiger partial charge in [0.15, 0.2) is 0 Å². The zero-order valence-electron chi connectivity index (χ0n) is 9.04. The maximum Gasteiger partial charge on any atom is 0.472 e. The smallest absolute Gasteiger partial charge is 0.201 e. The van der Waals surface area contributed by atoms with Crippen LogP contribution in [0.25, 0.3) is 0 Å². The molecule has 0 aromatic carbocycles. The molecule has 0 spiro atoms. The molecule has 0 unspecified atom stereocenters. The first-order valence-corrected chi connectivity index (χ1v) is 2.91. The monoisotopic (exact) mass is 486 g/mol. The molecule has 21 heteroatoms. The van der Waals surface area contributed by atoms with Crippen molar-refractivity contribution in [1.29, 1.82) is 0 Å². The van der Waals surface area contributed by atoms with Crippen LogP contribution in [-0.4, -0.2) is 77.5 Å². The van der Waals surface area contributed by atoms with Crippen molar-refractivity contribution in [2.45, 2.75) is 0 Å². The average Bonchev–Trinajstić information content (AvgIpc) is 1.94. The van der Waals surface area contributed by atoms with Gasteiger partial charge in [-0.1, -0.05) is 0 Å². The van der Waals surface area contributed by atoms with Crippen LogP contribution in [0.1, 0.15) is 0 Å². The zero-order valence-corrected chi connectivity index (χ0v) is 10.9. The van der Waals surface area contributed by atoms with Crippen LogP contribution < -0.4 is 0 Å². The molecular formula is H10ErN5O15+5. The molecular weight excluding hydrogens is 477 g/mol. The summed E-state index contributed by atoms with van der Waals surface area (Å²) in [6.07, 6.45) is 0. The third kappa shape index (κ3) is 529. The number of hydrogen-bond acceptors (Lipinski definition) is 5. The van der Waals surface area contributed by atoms with E-state index in [1.165, 1.54) is 0 Å². The molecule has 20 nitrogen and oxygen atoms in total. The molecule has 0 rings (SSSR count). The SMILES string of the molecule is O=[N+](O)O.O=[N+](O)O.O=[N+](O)O.O=[N+](O)O.O=[N+](O)O.[Er]. The van der Waals surface area contributed by atoms with E-state index in [0.717, 1.165) is 0 Å². The summed E-state index contributed by atoms with van der Waals surface area (Å²) < 4.78 is 0. The van der Waals surface area contributed by atoms with Crippen molar-refractivity contribution in [3.63, 3.8) is 0 Å². The molecule has 0 bridgehead atoms. The maximum atomic E-state index is 8.47. The summed E-state index contributed by atoms with van der Waals surface area (Å²) >= 11 is 0. The molecule has 0 radical (unpaired) electrons. The Hall–Kier alpha value is -2.75. The predicted molar refractivity (Wildman–Crippen MR) is 36.0 cm³/mol. The number of hydrogen-bond donors (Lipinski definition) is 10. The van der Waals surface area contributed by atoms with E-state index in [1.807, 2.05) is 0 Å². The second-order valence-corrected chi connectivity index (χ2v) is 1.26. The molecule has 0 saturated carbocycles. The van der Waals surface area contributed by atoms with Crippen molar-refractivity contribution in [1.82, 2.24) is 0 Å². The van der Waals surface area contributed by atoms with Crippen molar-refractivity contribution < 1.29 is 115 Å². The van der Waals surface area contributed by atoms with Gasteiger partial charge in [-0.15, -0.1) is 0 Å². The Balaban J connectivity index is -0.0000000331. The van der Waals surface area contributed by atoms with Gasteiger partial charge in [-0.25, -0.2) is 52.1 Å². The predicted octanol–water partition coefficient (Wildman–Crippen LogP) is -2.28. The molecule has 0 aromatic rings. The summed E-state index contributed by atoms with van der Waals surface area (Å²) in [7, 11) is 0. The minimum absolute atomic E-state index is 0. The van der Waals surface area contributed by atoms with E-state index < -0.39 is 25.4 Å². The minimum atomic E-state index is -1.25. The molecule has 10 N–H and O–H groups in total. The first-order valence-electron chi connectivity index (χ1n) is 2.91. The van der Waals surface area contributed by atoms with Gasteiger partial charge in [0.2, 0.25) is 0 Å². The summed E-state index contributed by atoms with van der Waals surface area (Å²) in [6, 6.07) is 0. The topological polar surface area (TPSA) is 303 Å². The summed E-state index contributed by atoms with van der Waals surface area (Å²) in [4.78, 5) is 42.4. The van der Waals surface area contributed by atoms with Crippen LogP contribution in [0.3, 0.4) is 0 Å². The van der Waals surface area contributed by atoms with Gasteiger partial charge in [-0.3, -0.25) is 0 Å². The average molecular weight is 487 g/mol. The summed E-state index contributed by atoms with van der Waals surface area (Å²) in [5.41, 5.74) is 0. The summed E-state index contributed by atoms with van der Waals surface area (Å²) in [6.45, 7) is 0. The van der Waals surface area contributed by atoms with Crippen LogP contribution in [0.4, 0.5) is 0 Å².